The largest absolute Gasteiger partial charge is 0.485 e. The van der Waals surface area contributed by atoms with Crippen LogP contribution in [-0.2, 0) is 4.74 Å². The molecule has 0 aliphatic carbocycles. The molecular formula is C12H18O3. The topological polar surface area (TPSA) is 38.7 Å². The second-order valence-corrected chi connectivity index (χ2v) is 3.58. The first kappa shape index (κ1) is 12.0. The van der Waals surface area contributed by atoms with E-state index in [-0.39, 0.29) is 12.2 Å². The summed E-state index contributed by atoms with van der Waals surface area (Å²) in [5, 5.41) is 9.57. The van der Waals surface area contributed by atoms with Gasteiger partial charge in [-0.25, -0.2) is 0 Å². The van der Waals surface area contributed by atoms with Gasteiger partial charge in [-0.05, 0) is 26.0 Å². The summed E-state index contributed by atoms with van der Waals surface area (Å²) in [7, 11) is 1.61. The smallest absolute Gasteiger partial charge is 0.150 e. The van der Waals surface area contributed by atoms with E-state index < -0.39 is 6.10 Å². The first-order valence-corrected chi connectivity index (χ1v) is 5.07. The summed E-state index contributed by atoms with van der Waals surface area (Å²) >= 11 is 0. The Kier molecular flexibility index (Phi) is 4.59. The van der Waals surface area contributed by atoms with E-state index in [0.29, 0.717) is 0 Å². The molecule has 0 spiro atoms. The molecule has 0 saturated heterocycles. The maximum atomic E-state index is 9.57. The van der Waals surface area contributed by atoms with Gasteiger partial charge in [-0.2, -0.15) is 0 Å². The first-order valence-electron chi connectivity index (χ1n) is 5.07. The van der Waals surface area contributed by atoms with Crippen molar-refractivity contribution in [2.75, 3.05) is 7.11 Å². The van der Waals surface area contributed by atoms with Gasteiger partial charge in [-0.15, -0.1) is 0 Å². The molecule has 1 rings (SSSR count). The zero-order valence-corrected chi connectivity index (χ0v) is 9.38. The molecule has 15 heavy (non-hydrogen) atoms. The van der Waals surface area contributed by atoms with Crippen molar-refractivity contribution in [2.24, 2.45) is 0 Å². The molecule has 84 valence electrons. The number of ether oxygens (including phenoxy) is 2. The number of para-hydroxylation sites is 1. The summed E-state index contributed by atoms with van der Waals surface area (Å²) in [5.41, 5.74) is 0. The number of hydrogen-bond donors (Lipinski definition) is 1. The molecule has 0 aromatic heterocycles. The quantitative estimate of drug-likeness (QED) is 0.806. The second-order valence-electron chi connectivity index (χ2n) is 3.58. The maximum absolute atomic E-state index is 9.57. The van der Waals surface area contributed by atoms with Crippen LogP contribution in [0.25, 0.3) is 0 Å². The Morgan fingerprint density at radius 3 is 2.20 bits per heavy atom. The predicted octanol–water partition coefficient (Wildman–Crippen LogP) is 1.85. The molecule has 0 bridgehead atoms. The summed E-state index contributed by atoms with van der Waals surface area (Å²) in [6.07, 6.45) is -1.07. The van der Waals surface area contributed by atoms with E-state index in [0.717, 1.165) is 5.75 Å². The fourth-order valence-electron chi connectivity index (χ4n) is 1.38. The Labute approximate surface area is 90.6 Å². The molecule has 0 amide bonds. The number of aliphatic hydroxyl groups excluding tert-OH is 1. The van der Waals surface area contributed by atoms with Crippen LogP contribution < -0.4 is 4.74 Å². The van der Waals surface area contributed by atoms with Crippen molar-refractivity contribution in [3.05, 3.63) is 30.3 Å². The van der Waals surface area contributed by atoms with Gasteiger partial charge < -0.3 is 14.6 Å². The third-order valence-corrected chi connectivity index (χ3v) is 2.33. The molecule has 1 N–H and O–H groups in total. The SMILES string of the molecule is COC(C)C(Oc1ccccc1)C(C)O. The highest BCUT2D eigenvalue weighted by atomic mass is 16.5. The number of methoxy groups -OCH3 is 1. The van der Waals surface area contributed by atoms with Crippen LogP contribution in [0.2, 0.25) is 0 Å². The van der Waals surface area contributed by atoms with Crippen LogP contribution >= 0.6 is 0 Å². The van der Waals surface area contributed by atoms with Gasteiger partial charge in [0.1, 0.15) is 11.9 Å². The molecule has 1 aromatic carbocycles. The lowest BCUT2D eigenvalue weighted by Gasteiger charge is -2.26. The molecule has 3 heteroatoms. The third kappa shape index (κ3) is 3.53. The molecule has 3 nitrogen and oxygen atoms in total. The van der Waals surface area contributed by atoms with Crippen LogP contribution in [0.4, 0.5) is 0 Å². The highest BCUT2D eigenvalue weighted by Gasteiger charge is 2.23. The third-order valence-electron chi connectivity index (χ3n) is 2.33. The zero-order chi connectivity index (χ0) is 11.3. The van der Waals surface area contributed by atoms with Crippen LogP contribution in [0.5, 0.6) is 5.75 Å². The minimum atomic E-state index is -0.569. The van der Waals surface area contributed by atoms with E-state index in [1.807, 2.05) is 37.3 Å². The van der Waals surface area contributed by atoms with Crippen molar-refractivity contribution >= 4 is 0 Å². The molecule has 0 saturated carbocycles. The van der Waals surface area contributed by atoms with Crippen LogP contribution in [0.15, 0.2) is 30.3 Å². The summed E-state index contributed by atoms with van der Waals surface area (Å²) in [5.74, 6) is 0.743. The summed E-state index contributed by atoms with van der Waals surface area (Å²) in [4.78, 5) is 0. The van der Waals surface area contributed by atoms with Gasteiger partial charge in [0, 0.05) is 7.11 Å². The van der Waals surface area contributed by atoms with Crippen LogP contribution in [0.1, 0.15) is 13.8 Å². The van der Waals surface area contributed by atoms with Crippen molar-refractivity contribution in [1.29, 1.82) is 0 Å². The zero-order valence-electron chi connectivity index (χ0n) is 9.38. The Morgan fingerprint density at radius 2 is 1.73 bits per heavy atom. The van der Waals surface area contributed by atoms with Crippen LogP contribution in [0.3, 0.4) is 0 Å². The molecule has 0 fully saturated rings. The first-order chi connectivity index (χ1) is 7.15. The number of aliphatic hydroxyl groups is 1. The minimum absolute atomic E-state index is 0.148. The van der Waals surface area contributed by atoms with Gasteiger partial charge >= 0.3 is 0 Å². The van der Waals surface area contributed by atoms with E-state index in [1.54, 1.807) is 14.0 Å². The van der Waals surface area contributed by atoms with E-state index in [9.17, 15) is 5.11 Å². The van der Waals surface area contributed by atoms with Gasteiger partial charge in [0.2, 0.25) is 0 Å². The lowest BCUT2D eigenvalue weighted by Crippen LogP contribution is -2.40. The maximum Gasteiger partial charge on any atom is 0.150 e. The Hall–Kier alpha value is -1.06. The number of hydrogen-bond acceptors (Lipinski definition) is 3. The second kappa shape index (κ2) is 5.73. The predicted molar refractivity (Wildman–Crippen MR) is 59.0 cm³/mol. The van der Waals surface area contributed by atoms with Gasteiger partial charge in [0.05, 0.1) is 12.2 Å². The van der Waals surface area contributed by atoms with Crippen molar-refractivity contribution in [3.63, 3.8) is 0 Å². The molecule has 3 unspecified atom stereocenters. The van der Waals surface area contributed by atoms with Crippen molar-refractivity contribution in [3.8, 4) is 5.75 Å². The van der Waals surface area contributed by atoms with Gasteiger partial charge in [0.25, 0.3) is 0 Å². The number of rotatable bonds is 5. The average molecular weight is 210 g/mol. The Balaban J connectivity index is 2.67. The Bertz CT molecular complexity index is 271. The van der Waals surface area contributed by atoms with Crippen LogP contribution in [0, 0.1) is 0 Å². The summed E-state index contributed by atoms with van der Waals surface area (Å²) in [6.45, 7) is 3.57. The molecular weight excluding hydrogens is 192 g/mol. The Morgan fingerprint density at radius 1 is 1.13 bits per heavy atom. The normalized spacial score (nSPS) is 16.8. The number of benzene rings is 1. The molecule has 0 aliphatic heterocycles. The van der Waals surface area contributed by atoms with E-state index in [1.165, 1.54) is 0 Å². The molecule has 3 atom stereocenters. The van der Waals surface area contributed by atoms with Gasteiger partial charge in [0.15, 0.2) is 0 Å². The highest BCUT2D eigenvalue weighted by Crippen LogP contribution is 2.15. The average Bonchev–Trinajstić information content (AvgIpc) is 2.26. The lowest BCUT2D eigenvalue weighted by molar-refractivity contribution is -0.0468. The van der Waals surface area contributed by atoms with E-state index in [4.69, 9.17) is 9.47 Å². The molecule has 0 heterocycles. The fourth-order valence-corrected chi connectivity index (χ4v) is 1.38. The van der Waals surface area contributed by atoms with Gasteiger partial charge in [-0.3, -0.25) is 0 Å². The minimum Gasteiger partial charge on any atom is -0.485 e. The molecule has 1 aromatic rings. The van der Waals surface area contributed by atoms with E-state index in [2.05, 4.69) is 0 Å². The standard InChI is InChI=1S/C12H18O3/c1-9(13)12(10(2)14-3)15-11-7-5-4-6-8-11/h4-10,12-13H,1-3H3. The van der Waals surface area contributed by atoms with Crippen LogP contribution in [-0.4, -0.2) is 30.5 Å². The molecule has 0 radical (unpaired) electrons. The fraction of sp³-hybridized carbons (Fsp3) is 0.500. The molecule has 0 aliphatic rings. The van der Waals surface area contributed by atoms with Gasteiger partial charge in [-0.1, -0.05) is 18.2 Å². The highest BCUT2D eigenvalue weighted by molar-refractivity contribution is 5.21. The summed E-state index contributed by atoms with van der Waals surface area (Å²) < 4.78 is 10.8. The van der Waals surface area contributed by atoms with Crippen molar-refractivity contribution in [2.45, 2.75) is 32.2 Å². The van der Waals surface area contributed by atoms with Crippen molar-refractivity contribution in [1.82, 2.24) is 0 Å². The van der Waals surface area contributed by atoms with Crippen molar-refractivity contribution < 1.29 is 14.6 Å². The van der Waals surface area contributed by atoms with E-state index >= 15 is 0 Å². The monoisotopic (exact) mass is 210 g/mol. The summed E-state index contributed by atoms with van der Waals surface area (Å²) in [6, 6.07) is 9.43. The lowest BCUT2D eigenvalue weighted by atomic mass is 10.1.